The minimum Gasteiger partial charge on any atom is -0.487 e. The highest BCUT2D eigenvalue weighted by atomic mass is 32.5. The maximum atomic E-state index is 14.2. The third-order valence-electron chi connectivity index (χ3n) is 3.44. The summed E-state index contributed by atoms with van der Waals surface area (Å²) in [5, 5.41) is 0. The Balaban J connectivity index is 3.29. The van der Waals surface area contributed by atoms with Crippen molar-refractivity contribution in [3.8, 4) is 5.75 Å². The van der Waals surface area contributed by atoms with Crippen LogP contribution in [0, 0.1) is 5.82 Å². The molecule has 0 bridgehead atoms. The van der Waals surface area contributed by atoms with Crippen molar-refractivity contribution in [2.24, 2.45) is 0 Å². The summed E-state index contributed by atoms with van der Waals surface area (Å²) >= 11 is 0. The first kappa shape index (κ1) is 21.9. The van der Waals surface area contributed by atoms with Gasteiger partial charge >= 0.3 is 10.2 Å². The van der Waals surface area contributed by atoms with Gasteiger partial charge in [-0.15, -0.1) is 0 Å². The smallest absolute Gasteiger partial charge is 0.313 e. The van der Waals surface area contributed by atoms with E-state index in [1.54, 1.807) is 0 Å². The third kappa shape index (κ3) is 6.56. The third-order valence-corrected chi connectivity index (χ3v) is 4.65. The van der Waals surface area contributed by atoms with Crippen LogP contribution in [0.15, 0.2) is 17.0 Å². The summed E-state index contributed by atoms with van der Waals surface area (Å²) in [4.78, 5) is -2.67. The van der Waals surface area contributed by atoms with Crippen molar-refractivity contribution in [1.82, 2.24) is 0 Å². The number of benzene rings is 1. The van der Waals surface area contributed by atoms with E-state index < -0.39 is 57.6 Å². The molecule has 0 heterocycles. The van der Waals surface area contributed by atoms with E-state index in [1.165, 1.54) is 13.8 Å². The number of hydrogen-bond acceptors (Lipinski definition) is 1. The van der Waals surface area contributed by atoms with Crippen molar-refractivity contribution in [1.29, 1.82) is 0 Å². The molecular formula is C15H20F8OS. The molecule has 10 heteroatoms. The molecule has 1 aromatic rings. The fraction of sp³-hybridized carbons (Fsp3) is 0.600. The van der Waals surface area contributed by atoms with Gasteiger partial charge in [0.15, 0.2) is 11.6 Å². The average molecular weight is 400 g/mol. The lowest BCUT2D eigenvalue weighted by Crippen LogP contribution is -2.16. The highest BCUT2D eigenvalue weighted by molar-refractivity contribution is 8.45. The van der Waals surface area contributed by atoms with Crippen molar-refractivity contribution in [2.75, 3.05) is 6.61 Å². The van der Waals surface area contributed by atoms with Crippen LogP contribution in [0.5, 0.6) is 5.75 Å². The van der Waals surface area contributed by atoms with Gasteiger partial charge < -0.3 is 4.74 Å². The molecule has 1 rings (SSSR count). The molecule has 0 aliphatic carbocycles. The van der Waals surface area contributed by atoms with E-state index in [0.717, 1.165) is 6.07 Å². The van der Waals surface area contributed by atoms with Crippen LogP contribution >= 0.6 is 10.2 Å². The van der Waals surface area contributed by atoms with Crippen LogP contribution in [0.25, 0.3) is 0 Å². The second-order valence-corrected chi connectivity index (χ2v) is 8.17. The molecule has 0 aromatic heterocycles. The van der Waals surface area contributed by atoms with Crippen LogP contribution < -0.4 is 4.74 Å². The molecule has 148 valence electrons. The Kier molecular flexibility index (Phi) is 5.98. The highest BCUT2D eigenvalue weighted by Gasteiger charge is 2.68. The normalized spacial score (nSPS) is 17.5. The number of alkyl halides is 2. The maximum absolute atomic E-state index is 14.2. The predicted octanol–water partition coefficient (Wildman–Crippen LogP) is 7.29. The van der Waals surface area contributed by atoms with Gasteiger partial charge in [-0.1, -0.05) is 32.4 Å². The predicted molar refractivity (Wildman–Crippen MR) is 82.0 cm³/mol. The summed E-state index contributed by atoms with van der Waals surface area (Å²) in [5.74, 6) is -3.37. The van der Waals surface area contributed by atoms with Crippen LogP contribution in [-0.2, 0) is 6.42 Å². The van der Waals surface area contributed by atoms with Crippen LogP contribution in [0.4, 0.5) is 32.6 Å². The molecule has 0 fully saturated rings. The van der Waals surface area contributed by atoms with Gasteiger partial charge in [0.2, 0.25) is 0 Å². The monoisotopic (exact) mass is 400 g/mol. The summed E-state index contributed by atoms with van der Waals surface area (Å²) in [5.41, 5.74) is -0.975. The van der Waals surface area contributed by atoms with Crippen molar-refractivity contribution in [3.05, 3.63) is 23.5 Å². The Hall–Kier alpha value is -1.19. The molecule has 0 aliphatic rings. The van der Waals surface area contributed by atoms with Crippen LogP contribution in [0.2, 0.25) is 0 Å². The fourth-order valence-electron chi connectivity index (χ4n) is 2.18. The molecule has 1 nitrogen and oxygen atoms in total. The highest BCUT2D eigenvalue weighted by Crippen LogP contribution is 3.02. The van der Waals surface area contributed by atoms with Crippen LogP contribution in [0.1, 0.15) is 38.7 Å². The zero-order valence-corrected chi connectivity index (χ0v) is 14.5. The zero-order valence-electron chi connectivity index (χ0n) is 13.7. The molecule has 1 aromatic carbocycles. The van der Waals surface area contributed by atoms with E-state index in [2.05, 4.69) is 4.74 Å². The van der Waals surface area contributed by atoms with E-state index in [1.807, 2.05) is 0 Å². The number of ether oxygens (including phenoxy) is 1. The lowest BCUT2D eigenvalue weighted by atomic mass is 10.1. The standard InChI is InChI=1S/C15H20F8OS/c1-3-12(17)9-24-13-8-7-11(6-4-5-10(2)16)15(14(13)18)25(19,20,21,22)23/h7-8,10,12H,3-6,9H2,1-2H3. The first-order chi connectivity index (χ1) is 11.2. The van der Waals surface area contributed by atoms with Crippen LogP contribution in [-0.4, -0.2) is 19.0 Å². The largest absolute Gasteiger partial charge is 0.487 e. The average Bonchev–Trinajstić information content (AvgIpc) is 2.42. The summed E-state index contributed by atoms with van der Waals surface area (Å²) in [7, 11) is -10.4. The van der Waals surface area contributed by atoms with Gasteiger partial charge in [0.1, 0.15) is 17.7 Å². The number of halogens is 8. The first-order valence-electron chi connectivity index (χ1n) is 7.62. The quantitative estimate of drug-likeness (QED) is 0.396. The second-order valence-electron chi connectivity index (χ2n) is 5.82. The van der Waals surface area contributed by atoms with Crippen molar-refractivity contribution >= 4 is 10.2 Å². The maximum Gasteiger partial charge on any atom is 0.313 e. The number of hydrogen-bond donors (Lipinski definition) is 0. The molecular weight excluding hydrogens is 380 g/mol. The fourth-order valence-corrected chi connectivity index (χ4v) is 3.28. The Morgan fingerprint density at radius 2 is 1.68 bits per heavy atom. The van der Waals surface area contributed by atoms with Crippen molar-refractivity contribution in [2.45, 2.75) is 56.8 Å². The van der Waals surface area contributed by atoms with E-state index in [0.29, 0.717) is 6.07 Å². The summed E-state index contributed by atoms with van der Waals surface area (Å²) in [6, 6.07) is 1.41. The minimum absolute atomic E-state index is 0.0322. The SMILES string of the molecule is CCC(F)COc1ccc(CCCC(C)F)c(S(F)(F)(F)(F)F)c1F. The van der Waals surface area contributed by atoms with E-state index >= 15 is 0 Å². The van der Waals surface area contributed by atoms with Gasteiger partial charge in [-0.05, 0) is 44.2 Å². The Morgan fingerprint density at radius 3 is 2.16 bits per heavy atom. The molecule has 0 spiro atoms. The molecule has 2 unspecified atom stereocenters. The van der Waals surface area contributed by atoms with E-state index in [9.17, 15) is 32.6 Å². The van der Waals surface area contributed by atoms with Gasteiger partial charge in [0.25, 0.3) is 0 Å². The number of rotatable bonds is 9. The Labute approximate surface area is 141 Å². The van der Waals surface area contributed by atoms with E-state index in [-0.39, 0.29) is 19.3 Å². The summed E-state index contributed by atoms with van der Waals surface area (Å²) in [6.07, 6.45) is -3.83. The Bertz CT molecular complexity index is 599. The van der Waals surface area contributed by atoms with Gasteiger partial charge in [-0.2, -0.15) is 0 Å². The molecule has 0 N–H and O–H groups in total. The first-order valence-corrected chi connectivity index (χ1v) is 9.57. The lowest BCUT2D eigenvalue weighted by molar-refractivity contribution is 0.185. The summed E-state index contributed by atoms with van der Waals surface area (Å²) < 4.78 is 111. The van der Waals surface area contributed by atoms with Crippen molar-refractivity contribution < 1.29 is 37.3 Å². The Morgan fingerprint density at radius 1 is 1.08 bits per heavy atom. The van der Waals surface area contributed by atoms with Crippen molar-refractivity contribution in [3.63, 3.8) is 0 Å². The van der Waals surface area contributed by atoms with Gasteiger partial charge in [0.05, 0.1) is 6.17 Å². The van der Waals surface area contributed by atoms with E-state index in [4.69, 9.17) is 0 Å². The molecule has 0 radical (unpaired) electrons. The van der Waals surface area contributed by atoms with Gasteiger partial charge in [-0.25, -0.2) is 13.2 Å². The molecule has 0 amide bonds. The minimum atomic E-state index is -10.4. The second kappa shape index (κ2) is 6.85. The molecule has 25 heavy (non-hydrogen) atoms. The molecule has 2 atom stereocenters. The van der Waals surface area contributed by atoms with Crippen LogP contribution in [0.3, 0.4) is 0 Å². The topological polar surface area (TPSA) is 9.23 Å². The number of aryl methyl sites for hydroxylation is 1. The zero-order chi connectivity index (χ0) is 19.5. The van der Waals surface area contributed by atoms with Gasteiger partial charge in [0, 0.05) is 0 Å². The summed E-state index contributed by atoms with van der Waals surface area (Å²) in [6.45, 7) is 1.84. The molecule has 0 saturated heterocycles. The molecule has 0 saturated carbocycles. The molecule has 0 aliphatic heterocycles. The lowest BCUT2D eigenvalue weighted by Gasteiger charge is -2.42. The van der Waals surface area contributed by atoms with Gasteiger partial charge in [-0.3, -0.25) is 0 Å².